The zero-order valence-corrected chi connectivity index (χ0v) is 24.5. The summed E-state index contributed by atoms with van der Waals surface area (Å²) in [6.45, 7) is 10.2. The van der Waals surface area contributed by atoms with Crippen LogP contribution >= 0.6 is 0 Å². The number of carbonyl (C=O) groups is 1. The molecule has 6 nitrogen and oxygen atoms in total. The number of rotatable bonds is 12. The van der Waals surface area contributed by atoms with E-state index >= 15 is 4.39 Å². The molecule has 1 aromatic carbocycles. The fourth-order valence-electron chi connectivity index (χ4n) is 5.12. The first kappa shape index (κ1) is 31.5. The Bertz CT molecular complexity index is 1200. The van der Waals surface area contributed by atoms with Crippen LogP contribution in [0, 0.1) is 28.9 Å². The number of anilines is 1. The highest BCUT2D eigenvalue weighted by molar-refractivity contribution is 6.12. The third kappa shape index (κ3) is 6.97. The van der Waals surface area contributed by atoms with E-state index in [-0.39, 0.29) is 35.9 Å². The SMILES string of the molecule is CN/C(=C\CC(C)C)C1C(C2=CC=C(F)CC2)=NN(c2ccc(F)cc2F)C1(C)C(=O)NCCCC(C)(C)CO. The molecule has 0 saturated heterocycles. The molecule has 2 atom stereocenters. The molecule has 40 heavy (non-hydrogen) atoms. The fraction of sp³-hybridized carbons (Fsp3) is 0.548. The summed E-state index contributed by atoms with van der Waals surface area (Å²) in [4.78, 5) is 14.2. The lowest BCUT2D eigenvalue weighted by Gasteiger charge is -2.39. The zero-order chi connectivity index (χ0) is 29.7. The van der Waals surface area contributed by atoms with Gasteiger partial charge in [-0.05, 0) is 67.7 Å². The predicted molar refractivity (Wildman–Crippen MR) is 154 cm³/mol. The highest BCUT2D eigenvalue weighted by Crippen LogP contribution is 2.44. The van der Waals surface area contributed by atoms with Crippen molar-refractivity contribution < 1.29 is 23.1 Å². The minimum absolute atomic E-state index is 0.0297. The smallest absolute Gasteiger partial charge is 0.248 e. The number of nitrogens with one attached hydrogen (secondary N) is 2. The minimum Gasteiger partial charge on any atom is -0.396 e. The van der Waals surface area contributed by atoms with Gasteiger partial charge in [-0.2, -0.15) is 5.10 Å². The molecule has 3 N–H and O–H groups in total. The van der Waals surface area contributed by atoms with Crippen LogP contribution in [0.25, 0.3) is 0 Å². The standard InChI is InChI=1S/C31H43F3N4O2/c1-20(2)8-14-25(35-6)27-28(21-9-11-22(32)12-10-21)37-38(26-15-13-23(33)18-24(26)34)31(27,5)29(40)36-17-7-16-30(3,4)19-39/h9,11,13-15,18,20,27,35,39H,7-8,10,12,16-17,19H2,1-6H3,(H,36,40)/b25-14-. The van der Waals surface area contributed by atoms with Crippen LogP contribution in [0.5, 0.6) is 0 Å². The van der Waals surface area contributed by atoms with E-state index in [0.29, 0.717) is 37.4 Å². The van der Waals surface area contributed by atoms with Gasteiger partial charge in [-0.1, -0.05) is 39.8 Å². The average molecular weight is 561 g/mol. The van der Waals surface area contributed by atoms with Gasteiger partial charge in [0.2, 0.25) is 5.91 Å². The van der Waals surface area contributed by atoms with Crippen molar-refractivity contribution in [3.63, 3.8) is 0 Å². The molecule has 1 amide bonds. The molecule has 9 heteroatoms. The Morgan fingerprint density at radius 2 is 1.98 bits per heavy atom. The quantitative estimate of drug-likeness (QED) is 0.268. The van der Waals surface area contributed by atoms with Crippen molar-refractivity contribution in [3.8, 4) is 0 Å². The number of hydrazone groups is 1. The maximum atomic E-state index is 15.3. The summed E-state index contributed by atoms with van der Waals surface area (Å²) >= 11 is 0. The van der Waals surface area contributed by atoms with Crippen molar-refractivity contribution in [1.82, 2.24) is 10.6 Å². The van der Waals surface area contributed by atoms with Crippen LogP contribution in [-0.4, -0.2) is 42.5 Å². The van der Waals surface area contributed by atoms with Crippen LogP contribution in [-0.2, 0) is 4.79 Å². The second-order valence-corrected chi connectivity index (χ2v) is 12.0. The highest BCUT2D eigenvalue weighted by atomic mass is 19.1. The van der Waals surface area contributed by atoms with Crippen molar-refractivity contribution in [2.45, 2.75) is 72.3 Å². The molecule has 1 aromatic rings. The second kappa shape index (κ2) is 13.1. The Morgan fingerprint density at radius 1 is 1.25 bits per heavy atom. The molecule has 1 aliphatic heterocycles. The van der Waals surface area contributed by atoms with E-state index in [1.54, 1.807) is 20.0 Å². The molecular weight excluding hydrogens is 517 g/mol. The highest BCUT2D eigenvalue weighted by Gasteiger charge is 2.56. The molecule has 0 fully saturated rings. The summed E-state index contributed by atoms with van der Waals surface area (Å²) in [5.74, 6) is -2.48. The van der Waals surface area contributed by atoms with Gasteiger partial charge in [-0.3, -0.25) is 4.79 Å². The maximum absolute atomic E-state index is 15.3. The van der Waals surface area contributed by atoms with Crippen molar-refractivity contribution in [2.75, 3.05) is 25.2 Å². The zero-order valence-electron chi connectivity index (χ0n) is 24.5. The van der Waals surface area contributed by atoms with Crippen molar-refractivity contribution in [1.29, 1.82) is 0 Å². The molecule has 0 saturated carbocycles. The topological polar surface area (TPSA) is 77.0 Å². The number of amides is 1. The third-order valence-electron chi connectivity index (χ3n) is 7.66. The van der Waals surface area contributed by atoms with Crippen LogP contribution in [0.4, 0.5) is 18.9 Å². The lowest BCUT2D eigenvalue weighted by molar-refractivity contribution is -0.126. The number of halogens is 3. The monoisotopic (exact) mass is 560 g/mol. The molecule has 2 unspecified atom stereocenters. The van der Waals surface area contributed by atoms with Gasteiger partial charge in [0, 0.05) is 38.4 Å². The number of aliphatic hydroxyl groups is 1. The molecule has 2 aliphatic rings. The summed E-state index contributed by atoms with van der Waals surface area (Å²) in [6, 6.07) is 3.20. The first-order chi connectivity index (χ1) is 18.8. The molecule has 0 spiro atoms. The average Bonchev–Trinajstić information content (AvgIpc) is 3.21. The van der Waals surface area contributed by atoms with E-state index in [9.17, 15) is 18.7 Å². The molecule has 0 bridgehead atoms. The van der Waals surface area contributed by atoms with Crippen LogP contribution in [0.1, 0.15) is 66.7 Å². The van der Waals surface area contributed by atoms with Crippen LogP contribution < -0.4 is 15.6 Å². The van der Waals surface area contributed by atoms with Gasteiger partial charge in [-0.15, -0.1) is 0 Å². The maximum Gasteiger partial charge on any atom is 0.248 e. The van der Waals surface area contributed by atoms with Gasteiger partial charge in [0.1, 0.15) is 11.6 Å². The Balaban J connectivity index is 2.13. The van der Waals surface area contributed by atoms with Gasteiger partial charge in [-0.25, -0.2) is 18.2 Å². The molecule has 1 aliphatic carbocycles. The molecule has 220 valence electrons. The first-order valence-corrected chi connectivity index (χ1v) is 14.0. The van der Waals surface area contributed by atoms with Crippen molar-refractivity contribution in [2.24, 2.45) is 22.4 Å². The Hall–Kier alpha value is -3.07. The summed E-state index contributed by atoms with van der Waals surface area (Å²) in [7, 11) is 1.77. The number of nitrogens with zero attached hydrogens (tertiary/aromatic N) is 2. The van der Waals surface area contributed by atoms with E-state index < -0.39 is 23.1 Å². The lowest BCUT2D eigenvalue weighted by Crippen LogP contribution is -2.59. The fourth-order valence-corrected chi connectivity index (χ4v) is 5.12. The van der Waals surface area contributed by atoms with Crippen molar-refractivity contribution in [3.05, 3.63) is 65.2 Å². The summed E-state index contributed by atoms with van der Waals surface area (Å²) in [6.07, 6.45) is 7.75. The van der Waals surface area contributed by atoms with E-state index in [4.69, 9.17) is 5.10 Å². The van der Waals surface area contributed by atoms with Gasteiger partial charge >= 0.3 is 0 Å². The largest absolute Gasteiger partial charge is 0.396 e. The molecule has 3 rings (SSSR count). The second-order valence-electron chi connectivity index (χ2n) is 12.0. The summed E-state index contributed by atoms with van der Waals surface area (Å²) in [5.41, 5.74) is 0.290. The molecule has 1 heterocycles. The van der Waals surface area contributed by atoms with E-state index in [1.165, 1.54) is 17.2 Å². The minimum atomic E-state index is -1.44. The van der Waals surface area contributed by atoms with Crippen LogP contribution in [0.3, 0.4) is 0 Å². The van der Waals surface area contributed by atoms with E-state index in [1.807, 2.05) is 19.9 Å². The number of carbonyl (C=O) groups excluding carboxylic acids is 1. The molecular formula is C31H43F3N4O2. The number of hydrogen-bond acceptors (Lipinski definition) is 5. The third-order valence-corrected chi connectivity index (χ3v) is 7.66. The van der Waals surface area contributed by atoms with Crippen LogP contribution in [0.2, 0.25) is 0 Å². The first-order valence-electron chi connectivity index (χ1n) is 14.0. The van der Waals surface area contributed by atoms with E-state index in [2.05, 4.69) is 24.5 Å². The molecule has 0 radical (unpaired) electrons. The predicted octanol–water partition coefficient (Wildman–Crippen LogP) is 6.15. The van der Waals surface area contributed by atoms with E-state index in [0.717, 1.165) is 29.8 Å². The van der Waals surface area contributed by atoms with Gasteiger partial charge in [0.15, 0.2) is 11.4 Å². The Kier molecular flexibility index (Phi) is 10.3. The number of allylic oxidation sites excluding steroid dienone is 5. The number of aliphatic hydroxyl groups excluding tert-OH is 1. The Labute approximate surface area is 236 Å². The van der Waals surface area contributed by atoms with Crippen molar-refractivity contribution >= 4 is 17.3 Å². The molecule has 0 aromatic heterocycles. The van der Waals surface area contributed by atoms with Gasteiger partial charge < -0.3 is 15.7 Å². The van der Waals surface area contributed by atoms with Gasteiger partial charge in [0.25, 0.3) is 0 Å². The Morgan fingerprint density at radius 3 is 2.55 bits per heavy atom. The number of benzene rings is 1. The lowest BCUT2D eigenvalue weighted by atomic mass is 9.75. The number of hydrogen-bond donors (Lipinski definition) is 3. The summed E-state index contributed by atoms with van der Waals surface area (Å²) < 4.78 is 43.1. The van der Waals surface area contributed by atoms with Gasteiger partial charge in [0.05, 0.1) is 17.3 Å². The summed E-state index contributed by atoms with van der Waals surface area (Å²) in [5, 5.41) is 22.0. The normalized spacial score (nSPS) is 21.8. The van der Waals surface area contributed by atoms with Crippen LogP contribution in [0.15, 0.2) is 58.6 Å².